The largest absolute Gasteiger partial charge is 0.464 e. The van der Waals surface area contributed by atoms with E-state index in [1.165, 1.54) is 7.11 Å². The highest BCUT2D eigenvalue weighted by molar-refractivity contribution is 9.10. The van der Waals surface area contributed by atoms with E-state index in [2.05, 4.69) is 35.8 Å². The molecule has 2 aromatic rings. The minimum absolute atomic E-state index is 0.308. The highest BCUT2D eigenvalue weighted by Gasteiger charge is 2.11. The number of carbonyl (C=O) groups is 1. The Morgan fingerprint density at radius 3 is 2.88 bits per heavy atom. The molecule has 0 saturated heterocycles. The molecule has 16 heavy (non-hydrogen) atoms. The van der Waals surface area contributed by atoms with Crippen LogP contribution >= 0.6 is 15.9 Å². The summed E-state index contributed by atoms with van der Waals surface area (Å²) in [6.45, 7) is 0. The van der Waals surface area contributed by atoms with Gasteiger partial charge in [-0.15, -0.1) is 0 Å². The number of nitrogens with zero attached hydrogens (tertiary/aromatic N) is 2. The molecule has 0 spiro atoms. The van der Waals surface area contributed by atoms with Crippen LogP contribution in [-0.2, 0) is 4.74 Å². The van der Waals surface area contributed by atoms with Crippen LogP contribution < -0.4 is 0 Å². The van der Waals surface area contributed by atoms with Gasteiger partial charge in [0.25, 0.3) is 0 Å². The van der Waals surface area contributed by atoms with Crippen LogP contribution in [-0.4, -0.2) is 28.3 Å². The lowest BCUT2D eigenvalue weighted by Gasteiger charge is -1.94. The van der Waals surface area contributed by atoms with Gasteiger partial charge in [0, 0.05) is 16.7 Å². The Morgan fingerprint density at radius 2 is 2.25 bits per heavy atom. The first-order chi connectivity index (χ1) is 7.70. The lowest BCUT2D eigenvalue weighted by atomic mass is 10.2. The molecule has 5 nitrogen and oxygen atoms in total. The zero-order chi connectivity index (χ0) is 11.5. The number of halogens is 1. The van der Waals surface area contributed by atoms with E-state index < -0.39 is 5.97 Å². The number of ether oxygens (including phenoxy) is 1. The number of methoxy groups -OCH3 is 1. The van der Waals surface area contributed by atoms with Crippen LogP contribution in [0.15, 0.2) is 28.9 Å². The molecular weight excluding hydrogens is 274 g/mol. The minimum atomic E-state index is -0.448. The van der Waals surface area contributed by atoms with Crippen LogP contribution in [0, 0.1) is 0 Å². The Hall–Kier alpha value is -1.69. The molecule has 0 aliphatic rings. The van der Waals surface area contributed by atoms with Crippen molar-refractivity contribution in [1.29, 1.82) is 0 Å². The maximum atomic E-state index is 11.2. The van der Waals surface area contributed by atoms with Gasteiger partial charge >= 0.3 is 5.97 Å². The van der Waals surface area contributed by atoms with Gasteiger partial charge in [-0.3, -0.25) is 10.1 Å². The number of carbonyl (C=O) groups excluding carboxylic acids is 1. The zero-order valence-electron chi connectivity index (χ0n) is 8.40. The summed E-state index contributed by atoms with van der Waals surface area (Å²) in [6, 6.07) is 5.26. The standard InChI is InChI=1S/C10H8BrN3O2/c1-16-10(15)9-4-8(13-14-9)7-3-2-6(11)5-12-7/h2-5H,1H3,(H,13,14). The van der Waals surface area contributed by atoms with E-state index in [1.54, 1.807) is 18.3 Å². The van der Waals surface area contributed by atoms with Crippen molar-refractivity contribution in [2.24, 2.45) is 0 Å². The van der Waals surface area contributed by atoms with Crippen molar-refractivity contribution < 1.29 is 9.53 Å². The second kappa shape index (κ2) is 4.44. The molecule has 2 heterocycles. The number of aromatic nitrogens is 3. The Labute approximate surface area is 100.0 Å². The van der Waals surface area contributed by atoms with E-state index in [1.807, 2.05) is 6.07 Å². The van der Waals surface area contributed by atoms with Gasteiger partial charge in [0.15, 0.2) is 0 Å². The molecule has 0 fully saturated rings. The van der Waals surface area contributed by atoms with Crippen molar-refractivity contribution >= 4 is 21.9 Å². The fourth-order valence-corrected chi connectivity index (χ4v) is 1.43. The quantitative estimate of drug-likeness (QED) is 0.856. The summed E-state index contributed by atoms with van der Waals surface area (Å²) in [5.41, 5.74) is 1.60. The molecule has 6 heteroatoms. The number of pyridine rings is 1. The summed E-state index contributed by atoms with van der Waals surface area (Å²) in [6.07, 6.45) is 1.67. The Kier molecular flexibility index (Phi) is 3.00. The highest BCUT2D eigenvalue weighted by atomic mass is 79.9. The van der Waals surface area contributed by atoms with Crippen LogP contribution in [0.5, 0.6) is 0 Å². The first-order valence-corrected chi connectivity index (χ1v) is 5.25. The summed E-state index contributed by atoms with van der Waals surface area (Å²) >= 11 is 3.29. The number of esters is 1. The van der Waals surface area contributed by atoms with Gasteiger partial charge in [0.1, 0.15) is 11.4 Å². The van der Waals surface area contributed by atoms with Gasteiger partial charge in [-0.25, -0.2) is 4.79 Å². The van der Waals surface area contributed by atoms with Crippen LogP contribution in [0.4, 0.5) is 0 Å². The summed E-state index contributed by atoms with van der Waals surface area (Å²) < 4.78 is 5.46. The van der Waals surface area contributed by atoms with Crippen molar-refractivity contribution in [2.75, 3.05) is 7.11 Å². The van der Waals surface area contributed by atoms with Gasteiger partial charge in [-0.1, -0.05) is 0 Å². The molecule has 0 unspecified atom stereocenters. The molecule has 0 amide bonds. The summed E-state index contributed by atoms with van der Waals surface area (Å²) in [7, 11) is 1.32. The van der Waals surface area contributed by atoms with E-state index in [0.717, 1.165) is 4.47 Å². The number of rotatable bonds is 2. The second-order valence-corrected chi connectivity index (χ2v) is 3.94. The van der Waals surface area contributed by atoms with Crippen molar-refractivity contribution in [3.05, 3.63) is 34.6 Å². The van der Waals surface area contributed by atoms with Crippen molar-refractivity contribution in [1.82, 2.24) is 15.2 Å². The van der Waals surface area contributed by atoms with E-state index in [4.69, 9.17) is 0 Å². The molecular formula is C10H8BrN3O2. The summed E-state index contributed by atoms with van der Waals surface area (Å²) in [5.74, 6) is -0.448. The fraction of sp³-hybridized carbons (Fsp3) is 0.100. The molecule has 2 aromatic heterocycles. The van der Waals surface area contributed by atoms with E-state index in [9.17, 15) is 4.79 Å². The lowest BCUT2D eigenvalue weighted by molar-refractivity contribution is 0.0594. The normalized spacial score (nSPS) is 10.1. The predicted molar refractivity (Wildman–Crippen MR) is 60.9 cm³/mol. The maximum absolute atomic E-state index is 11.2. The molecule has 0 radical (unpaired) electrons. The molecule has 2 rings (SSSR count). The van der Waals surface area contributed by atoms with Crippen molar-refractivity contribution in [3.63, 3.8) is 0 Å². The van der Waals surface area contributed by atoms with E-state index in [-0.39, 0.29) is 0 Å². The zero-order valence-corrected chi connectivity index (χ0v) is 9.98. The third-order valence-electron chi connectivity index (χ3n) is 1.97. The fourth-order valence-electron chi connectivity index (χ4n) is 1.19. The minimum Gasteiger partial charge on any atom is -0.464 e. The highest BCUT2D eigenvalue weighted by Crippen LogP contribution is 2.17. The van der Waals surface area contributed by atoms with Gasteiger partial charge in [-0.05, 0) is 28.1 Å². The number of H-pyrrole nitrogens is 1. The number of nitrogens with one attached hydrogen (secondary N) is 1. The van der Waals surface area contributed by atoms with Gasteiger partial charge in [0.2, 0.25) is 0 Å². The van der Waals surface area contributed by atoms with Crippen molar-refractivity contribution in [3.8, 4) is 11.4 Å². The predicted octanol–water partition coefficient (Wildman–Crippen LogP) is 2.02. The van der Waals surface area contributed by atoms with E-state index in [0.29, 0.717) is 17.1 Å². The first-order valence-electron chi connectivity index (χ1n) is 4.46. The topological polar surface area (TPSA) is 67.9 Å². The SMILES string of the molecule is COC(=O)c1cc(-c2ccc(Br)cn2)n[nH]1. The summed E-state index contributed by atoms with van der Waals surface area (Å²) in [4.78, 5) is 15.4. The smallest absolute Gasteiger partial charge is 0.356 e. The van der Waals surface area contributed by atoms with E-state index >= 15 is 0 Å². The maximum Gasteiger partial charge on any atom is 0.356 e. The van der Waals surface area contributed by atoms with Crippen LogP contribution in [0.25, 0.3) is 11.4 Å². The van der Waals surface area contributed by atoms with Crippen molar-refractivity contribution in [2.45, 2.75) is 0 Å². The molecule has 0 aliphatic carbocycles. The number of hydrogen-bond acceptors (Lipinski definition) is 4. The molecule has 0 aliphatic heterocycles. The second-order valence-electron chi connectivity index (χ2n) is 3.02. The Bertz CT molecular complexity index is 507. The number of hydrogen-bond donors (Lipinski definition) is 1. The van der Waals surface area contributed by atoms with Crippen LogP contribution in [0.1, 0.15) is 10.5 Å². The molecule has 1 N–H and O–H groups in total. The molecule has 0 atom stereocenters. The lowest BCUT2D eigenvalue weighted by Crippen LogP contribution is -2.00. The van der Waals surface area contributed by atoms with Gasteiger partial charge in [-0.2, -0.15) is 5.10 Å². The molecule has 82 valence electrons. The Balaban J connectivity index is 2.31. The monoisotopic (exact) mass is 281 g/mol. The number of aromatic amines is 1. The summed E-state index contributed by atoms with van der Waals surface area (Å²) in [5, 5.41) is 6.57. The Morgan fingerprint density at radius 1 is 1.44 bits per heavy atom. The molecule has 0 aromatic carbocycles. The molecule has 0 saturated carbocycles. The third-order valence-corrected chi connectivity index (χ3v) is 2.44. The van der Waals surface area contributed by atoms with Gasteiger partial charge in [0.05, 0.1) is 12.8 Å². The first kappa shape index (κ1) is 10.8. The van der Waals surface area contributed by atoms with Gasteiger partial charge < -0.3 is 4.74 Å². The molecule has 0 bridgehead atoms. The average Bonchev–Trinajstić information content (AvgIpc) is 2.78. The van der Waals surface area contributed by atoms with Crippen LogP contribution in [0.2, 0.25) is 0 Å². The van der Waals surface area contributed by atoms with Crippen LogP contribution in [0.3, 0.4) is 0 Å². The average molecular weight is 282 g/mol. The third kappa shape index (κ3) is 2.11.